The molecule has 3 N–H and O–H groups in total. The standard InChI is InChI=1S/C15H13NO4/c1-20-11-6-7-13(17)12(8-11)14(18)9-2-4-10(5-3-9)15(16)19/h2-8,17H,1H3,(H2,16,19). The van der Waals surface area contributed by atoms with E-state index in [1.807, 2.05) is 0 Å². The van der Waals surface area contributed by atoms with E-state index >= 15 is 0 Å². The Balaban J connectivity index is 2.38. The topological polar surface area (TPSA) is 89.6 Å². The van der Waals surface area contributed by atoms with Gasteiger partial charge >= 0.3 is 0 Å². The van der Waals surface area contributed by atoms with Gasteiger partial charge in [-0.1, -0.05) is 12.1 Å². The summed E-state index contributed by atoms with van der Waals surface area (Å²) in [4.78, 5) is 23.3. The zero-order chi connectivity index (χ0) is 14.7. The highest BCUT2D eigenvalue weighted by Gasteiger charge is 2.15. The Morgan fingerprint density at radius 2 is 1.65 bits per heavy atom. The molecule has 0 aliphatic carbocycles. The molecular formula is C15H13NO4. The minimum Gasteiger partial charge on any atom is -0.507 e. The van der Waals surface area contributed by atoms with Crippen LogP contribution < -0.4 is 10.5 Å². The molecule has 0 unspecified atom stereocenters. The van der Waals surface area contributed by atoms with E-state index in [4.69, 9.17) is 10.5 Å². The van der Waals surface area contributed by atoms with E-state index in [0.29, 0.717) is 16.9 Å². The van der Waals surface area contributed by atoms with E-state index in [1.165, 1.54) is 43.5 Å². The maximum atomic E-state index is 12.3. The summed E-state index contributed by atoms with van der Waals surface area (Å²) in [6.07, 6.45) is 0. The van der Waals surface area contributed by atoms with Crippen molar-refractivity contribution in [1.82, 2.24) is 0 Å². The molecule has 0 atom stereocenters. The van der Waals surface area contributed by atoms with Crippen LogP contribution in [0.2, 0.25) is 0 Å². The molecule has 2 aromatic rings. The summed E-state index contributed by atoms with van der Waals surface area (Å²) in [7, 11) is 1.47. The molecule has 0 saturated carbocycles. The van der Waals surface area contributed by atoms with Crippen molar-refractivity contribution >= 4 is 11.7 Å². The molecule has 0 aromatic heterocycles. The first-order chi connectivity index (χ1) is 9.52. The maximum Gasteiger partial charge on any atom is 0.248 e. The second-order valence-corrected chi connectivity index (χ2v) is 4.15. The fraction of sp³-hybridized carbons (Fsp3) is 0.0667. The molecule has 20 heavy (non-hydrogen) atoms. The zero-order valence-electron chi connectivity index (χ0n) is 10.8. The third-order valence-electron chi connectivity index (χ3n) is 2.88. The predicted molar refractivity (Wildman–Crippen MR) is 73.1 cm³/mol. The summed E-state index contributed by atoms with van der Waals surface area (Å²) >= 11 is 0. The van der Waals surface area contributed by atoms with Crippen LogP contribution in [-0.2, 0) is 0 Å². The Hall–Kier alpha value is -2.82. The fourth-order valence-corrected chi connectivity index (χ4v) is 1.77. The Morgan fingerprint density at radius 3 is 2.20 bits per heavy atom. The van der Waals surface area contributed by atoms with E-state index in [0.717, 1.165) is 0 Å². The zero-order valence-corrected chi connectivity index (χ0v) is 10.8. The molecule has 0 fully saturated rings. The lowest BCUT2D eigenvalue weighted by Gasteiger charge is -2.07. The number of carbonyl (C=O) groups excluding carboxylic acids is 2. The first-order valence-corrected chi connectivity index (χ1v) is 5.84. The summed E-state index contributed by atoms with van der Waals surface area (Å²) in [6, 6.07) is 10.3. The number of methoxy groups -OCH3 is 1. The van der Waals surface area contributed by atoms with Gasteiger partial charge in [0.1, 0.15) is 11.5 Å². The number of rotatable bonds is 4. The number of phenols is 1. The van der Waals surface area contributed by atoms with Crippen LogP contribution in [0.15, 0.2) is 42.5 Å². The largest absolute Gasteiger partial charge is 0.507 e. The first kappa shape index (κ1) is 13.6. The molecule has 0 radical (unpaired) electrons. The molecule has 0 aliphatic rings. The minimum absolute atomic E-state index is 0.130. The average Bonchev–Trinajstić information content (AvgIpc) is 2.47. The fourth-order valence-electron chi connectivity index (χ4n) is 1.77. The van der Waals surface area contributed by atoms with Crippen molar-refractivity contribution < 1.29 is 19.4 Å². The van der Waals surface area contributed by atoms with E-state index in [-0.39, 0.29) is 17.1 Å². The number of benzene rings is 2. The van der Waals surface area contributed by atoms with Crippen molar-refractivity contribution in [2.45, 2.75) is 0 Å². The highest BCUT2D eigenvalue weighted by Crippen LogP contribution is 2.25. The van der Waals surface area contributed by atoms with E-state index in [1.54, 1.807) is 6.07 Å². The molecule has 102 valence electrons. The van der Waals surface area contributed by atoms with Gasteiger partial charge in [0.2, 0.25) is 5.91 Å². The highest BCUT2D eigenvalue weighted by molar-refractivity contribution is 6.11. The van der Waals surface area contributed by atoms with Crippen LogP contribution in [0.5, 0.6) is 11.5 Å². The molecule has 2 rings (SSSR count). The molecule has 5 heteroatoms. The van der Waals surface area contributed by atoms with Gasteiger partial charge in [-0.3, -0.25) is 9.59 Å². The van der Waals surface area contributed by atoms with Gasteiger partial charge in [-0.25, -0.2) is 0 Å². The molecule has 0 aliphatic heterocycles. The highest BCUT2D eigenvalue weighted by atomic mass is 16.5. The normalized spacial score (nSPS) is 10.1. The van der Waals surface area contributed by atoms with E-state index in [2.05, 4.69) is 0 Å². The number of hydrogen-bond donors (Lipinski definition) is 2. The Labute approximate surface area is 115 Å². The van der Waals surface area contributed by atoms with E-state index < -0.39 is 5.91 Å². The number of hydrogen-bond acceptors (Lipinski definition) is 4. The maximum absolute atomic E-state index is 12.3. The van der Waals surface area contributed by atoms with Gasteiger partial charge in [-0.2, -0.15) is 0 Å². The summed E-state index contributed by atoms with van der Waals surface area (Å²) in [5.41, 5.74) is 5.93. The number of carbonyl (C=O) groups is 2. The summed E-state index contributed by atoms with van der Waals surface area (Å²) < 4.78 is 5.02. The number of amides is 1. The van der Waals surface area contributed by atoms with Crippen LogP contribution in [-0.4, -0.2) is 23.9 Å². The summed E-state index contributed by atoms with van der Waals surface area (Å²) in [6.45, 7) is 0. The Bertz CT molecular complexity index is 662. The van der Waals surface area contributed by atoms with Crippen LogP contribution in [0.25, 0.3) is 0 Å². The van der Waals surface area contributed by atoms with E-state index in [9.17, 15) is 14.7 Å². The van der Waals surface area contributed by atoms with Gasteiger partial charge < -0.3 is 15.6 Å². The van der Waals surface area contributed by atoms with Gasteiger partial charge in [-0.15, -0.1) is 0 Å². The van der Waals surface area contributed by atoms with Crippen LogP contribution in [0.3, 0.4) is 0 Å². The number of primary amides is 1. The van der Waals surface area contributed by atoms with Crippen molar-refractivity contribution in [3.63, 3.8) is 0 Å². The lowest BCUT2D eigenvalue weighted by molar-refractivity contribution is 0.0996. The van der Waals surface area contributed by atoms with Crippen LogP contribution >= 0.6 is 0 Å². The van der Waals surface area contributed by atoms with Crippen LogP contribution in [0, 0.1) is 0 Å². The second kappa shape index (κ2) is 5.44. The summed E-state index contributed by atoms with van der Waals surface area (Å²) in [5.74, 6) is -0.583. The molecule has 0 saturated heterocycles. The van der Waals surface area contributed by atoms with Gasteiger partial charge in [0.05, 0.1) is 12.7 Å². The lowest BCUT2D eigenvalue weighted by atomic mass is 10.0. The molecule has 5 nitrogen and oxygen atoms in total. The van der Waals surface area contributed by atoms with Crippen molar-refractivity contribution in [2.24, 2.45) is 5.73 Å². The third kappa shape index (κ3) is 2.61. The number of aromatic hydroxyl groups is 1. The quantitative estimate of drug-likeness (QED) is 0.829. The summed E-state index contributed by atoms with van der Waals surface area (Å²) in [5, 5.41) is 9.75. The molecule has 1 amide bonds. The van der Waals surface area contributed by atoms with Crippen molar-refractivity contribution in [2.75, 3.05) is 7.11 Å². The van der Waals surface area contributed by atoms with Gasteiger partial charge in [0, 0.05) is 11.1 Å². The SMILES string of the molecule is COc1ccc(O)c(C(=O)c2ccc(C(N)=O)cc2)c1. The average molecular weight is 271 g/mol. The van der Waals surface area contributed by atoms with Gasteiger partial charge in [0.25, 0.3) is 0 Å². The molecular weight excluding hydrogens is 258 g/mol. The smallest absolute Gasteiger partial charge is 0.248 e. The number of phenolic OH excluding ortho intramolecular Hbond substituents is 1. The third-order valence-corrected chi connectivity index (χ3v) is 2.88. The predicted octanol–water partition coefficient (Wildman–Crippen LogP) is 1.73. The van der Waals surface area contributed by atoms with Crippen LogP contribution in [0.1, 0.15) is 26.3 Å². The van der Waals surface area contributed by atoms with Gasteiger partial charge in [-0.05, 0) is 30.3 Å². The Kier molecular flexibility index (Phi) is 3.70. The lowest BCUT2D eigenvalue weighted by Crippen LogP contribution is -2.11. The van der Waals surface area contributed by atoms with Gasteiger partial charge in [0.15, 0.2) is 5.78 Å². The molecule has 0 spiro atoms. The second-order valence-electron chi connectivity index (χ2n) is 4.15. The Morgan fingerprint density at radius 1 is 1.05 bits per heavy atom. The number of nitrogens with two attached hydrogens (primary N) is 1. The number of ketones is 1. The van der Waals surface area contributed by atoms with Crippen molar-refractivity contribution in [3.8, 4) is 11.5 Å². The first-order valence-electron chi connectivity index (χ1n) is 5.84. The molecule has 0 heterocycles. The molecule has 2 aromatic carbocycles. The number of ether oxygens (including phenoxy) is 1. The van der Waals surface area contributed by atoms with Crippen LogP contribution in [0.4, 0.5) is 0 Å². The monoisotopic (exact) mass is 271 g/mol. The minimum atomic E-state index is -0.562. The van der Waals surface area contributed by atoms with Crippen molar-refractivity contribution in [1.29, 1.82) is 0 Å². The van der Waals surface area contributed by atoms with Crippen molar-refractivity contribution in [3.05, 3.63) is 59.2 Å². The molecule has 0 bridgehead atoms.